The topological polar surface area (TPSA) is 3.24 Å². The Balaban J connectivity index is 2.38. The van der Waals surface area contributed by atoms with Crippen molar-refractivity contribution >= 4 is 0 Å². The fourth-order valence-corrected chi connectivity index (χ4v) is 1.64. The molecule has 0 amide bonds. The summed E-state index contributed by atoms with van der Waals surface area (Å²) in [6, 6.07) is 0. The highest BCUT2D eigenvalue weighted by Crippen LogP contribution is 2.25. The number of rotatable bonds is 1. The molecule has 0 aromatic rings. The third-order valence-electron chi connectivity index (χ3n) is 2.59. The lowest BCUT2D eigenvalue weighted by atomic mass is 9.86. The normalized spacial score (nSPS) is 36.3. The van der Waals surface area contributed by atoms with E-state index in [0.29, 0.717) is 19.0 Å². The van der Waals surface area contributed by atoms with Crippen LogP contribution in [0.1, 0.15) is 26.7 Å². The van der Waals surface area contributed by atoms with Gasteiger partial charge in [0, 0.05) is 13.1 Å². The van der Waals surface area contributed by atoms with Crippen molar-refractivity contribution in [1.82, 2.24) is 5.12 Å². The average Bonchev–Trinajstić information content (AvgIpc) is 1.94. The average molecular weight is 145 g/mol. The van der Waals surface area contributed by atoms with E-state index >= 15 is 0 Å². The van der Waals surface area contributed by atoms with Gasteiger partial charge in [0.15, 0.2) is 0 Å². The van der Waals surface area contributed by atoms with Gasteiger partial charge in [-0.15, -0.1) is 9.60 Å². The summed E-state index contributed by atoms with van der Waals surface area (Å²) >= 11 is 0. The SMILES string of the molecule is CCC1CN(F)CCC1C. The Morgan fingerprint density at radius 3 is 2.80 bits per heavy atom. The van der Waals surface area contributed by atoms with E-state index in [0.717, 1.165) is 23.9 Å². The lowest BCUT2D eigenvalue weighted by Crippen LogP contribution is -2.34. The van der Waals surface area contributed by atoms with E-state index in [1.54, 1.807) is 0 Å². The molecule has 0 N–H and O–H groups in total. The number of nitrogens with zero attached hydrogens (tertiary/aromatic N) is 1. The summed E-state index contributed by atoms with van der Waals surface area (Å²) in [7, 11) is 0. The molecule has 2 unspecified atom stereocenters. The Morgan fingerprint density at radius 2 is 2.30 bits per heavy atom. The molecule has 1 aliphatic heterocycles. The van der Waals surface area contributed by atoms with Gasteiger partial charge in [-0.2, -0.15) is 0 Å². The van der Waals surface area contributed by atoms with Crippen LogP contribution in [0.2, 0.25) is 0 Å². The fraction of sp³-hybridized carbons (Fsp3) is 1.00. The lowest BCUT2D eigenvalue weighted by molar-refractivity contribution is -0.0344. The Kier molecular flexibility index (Phi) is 2.66. The summed E-state index contributed by atoms with van der Waals surface area (Å²) < 4.78 is 12.6. The number of halogens is 1. The van der Waals surface area contributed by atoms with E-state index in [9.17, 15) is 4.48 Å². The molecule has 2 atom stereocenters. The quantitative estimate of drug-likeness (QED) is 0.511. The van der Waals surface area contributed by atoms with Gasteiger partial charge in [0.05, 0.1) is 0 Å². The summed E-state index contributed by atoms with van der Waals surface area (Å²) in [6.07, 6.45) is 2.14. The smallest absolute Gasteiger partial charge is 0.0321 e. The minimum absolute atomic E-state index is 0.582. The molecule has 1 aliphatic rings. The predicted molar refractivity (Wildman–Crippen MR) is 40.2 cm³/mol. The molecular weight excluding hydrogens is 129 g/mol. The van der Waals surface area contributed by atoms with Crippen molar-refractivity contribution in [3.8, 4) is 0 Å². The zero-order valence-corrected chi connectivity index (χ0v) is 6.81. The monoisotopic (exact) mass is 145 g/mol. The summed E-state index contributed by atoms with van der Waals surface area (Å²) in [5.41, 5.74) is 0. The lowest BCUT2D eigenvalue weighted by Gasteiger charge is -2.31. The second-order valence-corrected chi connectivity index (χ2v) is 3.30. The molecule has 1 fully saturated rings. The van der Waals surface area contributed by atoms with Gasteiger partial charge in [0.1, 0.15) is 0 Å². The van der Waals surface area contributed by atoms with Crippen molar-refractivity contribution < 1.29 is 4.48 Å². The molecule has 2 heteroatoms. The van der Waals surface area contributed by atoms with Gasteiger partial charge < -0.3 is 0 Å². The summed E-state index contributed by atoms with van der Waals surface area (Å²) in [5.74, 6) is 1.30. The Bertz CT molecular complexity index is 105. The van der Waals surface area contributed by atoms with Crippen LogP contribution in [0.25, 0.3) is 0 Å². The zero-order chi connectivity index (χ0) is 7.56. The highest BCUT2D eigenvalue weighted by molar-refractivity contribution is 4.72. The molecule has 1 rings (SSSR count). The summed E-state index contributed by atoms with van der Waals surface area (Å²) in [5, 5.41) is 0.953. The highest BCUT2D eigenvalue weighted by Gasteiger charge is 2.24. The molecule has 0 aromatic heterocycles. The predicted octanol–water partition coefficient (Wildman–Crippen LogP) is 2.24. The first-order chi connectivity index (χ1) is 4.74. The first-order valence-corrected chi connectivity index (χ1v) is 4.14. The molecule has 0 saturated carbocycles. The van der Waals surface area contributed by atoms with Crippen molar-refractivity contribution in [2.45, 2.75) is 26.7 Å². The molecule has 1 saturated heterocycles. The van der Waals surface area contributed by atoms with Crippen LogP contribution >= 0.6 is 0 Å². The zero-order valence-electron chi connectivity index (χ0n) is 6.81. The van der Waals surface area contributed by atoms with Crippen LogP contribution in [-0.2, 0) is 0 Å². The molecule has 1 nitrogen and oxygen atoms in total. The van der Waals surface area contributed by atoms with E-state index in [-0.39, 0.29) is 0 Å². The Labute approximate surface area is 62.1 Å². The number of hydrogen-bond donors (Lipinski definition) is 0. The minimum Gasteiger partial charge on any atom is -0.146 e. The molecule has 1 heterocycles. The third-order valence-corrected chi connectivity index (χ3v) is 2.59. The number of piperidine rings is 1. The fourth-order valence-electron chi connectivity index (χ4n) is 1.64. The Morgan fingerprint density at radius 1 is 1.60 bits per heavy atom. The van der Waals surface area contributed by atoms with Crippen molar-refractivity contribution in [3.05, 3.63) is 0 Å². The van der Waals surface area contributed by atoms with Crippen molar-refractivity contribution in [2.75, 3.05) is 13.1 Å². The van der Waals surface area contributed by atoms with Gasteiger partial charge in [0.25, 0.3) is 0 Å². The molecule has 0 aromatic carbocycles. The van der Waals surface area contributed by atoms with Crippen LogP contribution in [0.5, 0.6) is 0 Å². The molecule has 0 spiro atoms. The van der Waals surface area contributed by atoms with Crippen molar-refractivity contribution in [1.29, 1.82) is 0 Å². The summed E-state index contributed by atoms with van der Waals surface area (Å²) in [6.45, 7) is 5.65. The van der Waals surface area contributed by atoms with Gasteiger partial charge >= 0.3 is 0 Å². The van der Waals surface area contributed by atoms with Crippen molar-refractivity contribution in [3.63, 3.8) is 0 Å². The van der Waals surface area contributed by atoms with Gasteiger partial charge in [-0.05, 0) is 18.3 Å². The van der Waals surface area contributed by atoms with Gasteiger partial charge in [0.2, 0.25) is 0 Å². The maximum Gasteiger partial charge on any atom is 0.0321 e. The van der Waals surface area contributed by atoms with E-state index in [4.69, 9.17) is 0 Å². The van der Waals surface area contributed by atoms with E-state index in [2.05, 4.69) is 13.8 Å². The van der Waals surface area contributed by atoms with E-state index < -0.39 is 0 Å². The molecule has 60 valence electrons. The maximum absolute atomic E-state index is 12.6. The maximum atomic E-state index is 12.6. The van der Waals surface area contributed by atoms with Gasteiger partial charge in [-0.25, -0.2) is 0 Å². The third kappa shape index (κ3) is 1.69. The van der Waals surface area contributed by atoms with Crippen LogP contribution in [0, 0.1) is 11.8 Å². The van der Waals surface area contributed by atoms with Crippen LogP contribution < -0.4 is 0 Å². The van der Waals surface area contributed by atoms with Crippen LogP contribution in [-0.4, -0.2) is 18.2 Å². The molecule has 10 heavy (non-hydrogen) atoms. The Hall–Kier alpha value is -0.110. The van der Waals surface area contributed by atoms with Gasteiger partial charge in [-0.1, -0.05) is 20.3 Å². The number of hydrogen-bond acceptors (Lipinski definition) is 1. The van der Waals surface area contributed by atoms with Gasteiger partial charge in [-0.3, -0.25) is 0 Å². The second-order valence-electron chi connectivity index (χ2n) is 3.30. The molecule has 0 bridgehead atoms. The first-order valence-electron chi connectivity index (χ1n) is 4.14. The largest absolute Gasteiger partial charge is 0.146 e. The molecule has 0 radical (unpaired) electrons. The first kappa shape index (κ1) is 7.99. The van der Waals surface area contributed by atoms with E-state index in [1.165, 1.54) is 0 Å². The van der Waals surface area contributed by atoms with Crippen LogP contribution in [0.4, 0.5) is 4.48 Å². The highest BCUT2D eigenvalue weighted by atomic mass is 19.2. The molecule has 0 aliphatic carbocycles. The molecular formula is C8H16FN. The van der Waals surface area contributed by atoms with Crippen LogP contribution in [0.15, 0.2) is 0 Å². The van der Waals surface area contributed by atoms with Crippen molar-refractivity contribution in [2.24, 2.45) is 11.8 Å². The standard InChI is InChI=1S/C8H16FN/c1-3-8-6-10(9)5-4-7(8)2/h7-8H,3-6H2,1-2H3. The van der Waals surface area contributed by atoms with E-state index in [1.807, 2.05) is 0 Å². The second kappa shape index (κ2) is 3.33. The van der Waals surface area contributed by atoms with Crippen LogP contribution in [0.3, 0.4) is 0 Å². The minimum atomic E-state index is 0.582. The summed E-state index contributed by atoms with van der Waals surface area (Å²) in [4.78, 5) is 0.